The standard InChI is InChI=1S/C16H20N2O5S/c1-12(19)18-13-5-7-15(8-6-13)24(21,22)17-11-16(2,20)10-14-4-3-9-23-14/h3-9,17,20H,10-11H2,1-2H3,(H,18,19)/t16-/m1/s1. The van der Waals surface area contributed by atoms with Crippen molar-refractivity contribution in [3.8, 4) is 0 Å². The Kier molecular flexibility index (Phi) is 5.43. The van der Waals surface area contributed by atoms with Gasteiger partial charge in [0.1, 0.15) is 5.76 Å². The van der Waals surface area contributed by atoms with Crippen LogP contribution in [0, 0.1) is 0 Å². The highest BCUT2D eigenvalue weighted by Crippen LogP contribution is 2.16. The van der Waals surface area contributed by atoms with Crippen molar-refractivity contribution < 1.29 is 22.7 Å². The second-order valence-corrected chi connectivity index (χ2v) is 7.55. The van der Waals surface area contributed by atoms with Crippen LogP contribution in [0.1, 0.15) is 19.6 Å². The summed E-state index contributed by atoms with van der Waals surface area (Å²) in [7, 11) is -3.77. The number of sulfonamides is 1. The third-order valence-electron chi connectivity index (χ3n) is 3.26. The first-order valence-electron chi connectivity index (χ1n) is 7.30. The van der Waals surface area contributed by atoms with E-state index in [0.717, 1.165) is 0 Å². The van der Waals surface area contributed by atoms with Gasteiger partial charge in [0.2, 0.25) is 15.9 Å². The molecular formula is C16H20N2O5S. The molecule has 0 saturated carbocycles. The summed E-state index contributed by atoms with van der Waals surface area (Å²) in [5.41, 5.74) is -0.785. The van der Waals surface area contributed by atoms with Crippen LogP contribution in [0.5, 0.6) is 0 Å². The molecule has 2 rings (SSSR count). The largest absolute Gasteiger partial charge is 0.469 e. The number of rotatable bonds is 7. The molecule has 1 atom stereocenters. The van der Waals surface area contributed by atoms with E-state index in [1.165, 1.54) is 44.4 Å². The minimum atomic E-state index is -3.77. The number of anilines is 1. The maximum atomic E-state index is 12.3. The Bertz CT molecular complexity index is 780. The van der Waals surface area contributed by atoms with Crippen LogP contribution in [0.15, 0.2) is 52.0 Å². The van der Waals surface area contributed by atoms with Crippen molar-refractivity contribution >= 4 is 21.6 Å². The molecule has 1 amide bonds. The maximum absolute atomic E-state index is 12.3. The molecule has 0 aliphatic carbocycles. The van der Waals surface area contributed by atoms with Crippen LogP contribution in [0.4, 0.5) is 5.69 Å². The summed E-state index contributed by atoms with van der Waals surface area (Å²) < 4.78 is 32.1. The Balaban J connectivity index is 2.01. The molecule has 0 bridgehead atoms. The second kappa shape index (κ2) is 7.16. The zero-order valence-corrected chi connectivity index (χ0v) is 14.3. The monoisotopic (exact) mass is 352 g/mol. The zero-order valence-electron chi connectivity index (χ0n) is 13.4. The fourth-order valence-corrected chi connectivity index (χ4v) is 3.27. The molecule has 1 aromatic carbocycles. The highest BCUT2D eigenvalue weighted by atomic mass is 32.2. The smallest absolute Gasteiger partial charge is 0.240 e. The molecule has 0 fully saturated rings. The molecule has 0 unspecified atom stereocenters. The summed E-state index contributed by atoms with van der Waals surface area (Å²) in [6.45, 7) is 2.73. The maximum Gasteiger partial charge on any atom is 0.240 e. The quantitative estimate of drug-likeness (QED) is 0.700. The molecule has 0 radical (unpaired) electrons. The Labute approximate surface area is 140 Å². The van der Waals surface area contributed by atoms with Crippen LogP contribution in [-0.2, 0) is 21.2 Å². The number of benzene rings is 1. The molecule has 0 spiro atoms. The number of hydrogen-bond donors (Lipinski definition) is 3. The molecule has 1 heterocycles. The van der Waals surface area contributed by atoms with Crippen molar-refractivity contribution in [1.82, 2.24) is 4.72 Å². The van der Waals surface area contributed by atoms with Gasteiger partial charge < -0.3 is 14.8 Å². The van der Waals surface area contributed by atoms with Gasteiger partial charge in [-0.25, -0.2) is 13.1 Å². The fraction of sp³-hybridized carbons (Fsp3) is 0.312. The van der Waals surface area contributed by atoms with E-state index in [0.29, 0.717) is 11.4 Å². The van der Waals surface area contributed by atoms with Gasteiger partial charge in [0.25, 0.3) is 0 Å². The Morgan fingerprint density at radius 2 is 1.92 bits per heavy atom. The van der Waals surface area contributed by atoms with Crippen LogP contribution in [0.2, 0.25) is 0 Å². The number of amides is 1. The van der Waals surface area contributed by atoms with E-state index in [1.807, 2.05) is 0 Å². The van der Waals surface area contributed by atoms with Gasteiger partial charge in [-0.3, -0.25) is 4.79 Å². The molecule has 0 aliphatic heterocycles. The molecule has 3 N–H and O–H groups in total. The van der Waals surface area contributed by atoms with Crippen LogP contribution >= 0.6 is 0 Å². The SMILES string of the molecule is CC(=O)Nc1ccc(S(=O)(=O)NC[C@](C)(O)Cc2ccco2)cc1. The van der Waals surface area contributed by atoms with E-state index in [2.05, 4.69) is 10.0 Å². The summed E-state index contributed by atoms with van der Waals surface area (Å²) in [6.07, 6.45) is 1.68. The molecule has 24 heavy (non-hydrogen) atoms. The summed E-state index contributed by atoms with van der Waals surface area (Å²) in [6, 6.07) is 9.17. The first kappa shape index (κ1) is 18.2. The lowest BCUT2D eigenvalue weighted by atomic mass is 10.0. The number of carbonyl (C=O) groups is 1. The van der Waals surface area contributed by atoms with Gasteiger partial charge in [-0.15, -0.1) is 0 Å². The van der Waals surface area contributed by atoms with Gasteiger partial charge in [-0.1, -0.05) is 0 Å². The minimum absolute atomic E-state index is 0.0467. The van der Waals surface area contributed by atoms with Crippen molar-refractivity contribution in [3.63, 3.8) is 0 Å². The summed E-state index contributed by atoms with van der Waals surface area (Å²) in [5, 5.41) is 12.9. The summed E-state index contributed by atoms with van der Waals surface area (Å²) in [4.78, 5) is 11.0. The average Bonchev–Trinajstić information content (AvgIpc) is 2.98. The van der Waals surface area contributed by atoms with Crippen LogP contribution in [0.25, 0.3) is 0 Å². The van der Waals surface area contributed by atoms with E-state index < -0.39 is 15.6 Å². The molecule has 7 nitrogen and oxygen atoms in total. The van der Waals surface area contributed by atoms with Gasteiger partial charge in [-0.2, -0.15) is 0 Å². The predicted octanol–water partition coefficient (Wildman–Crippen LogP) is 1.51. The Morgan fingerprint density at radius 3 is 2.46 bits per heavy atom. The van der Waals surface area contributed by atoms with Crippen LogP contribution < -0.4 is 10.0 Å². The molecule has 2 aromatic rings. The first-order chi connectivity index (χ1) is 11.2. The molecule has 130 valence electrons. The van der Waals surface area contributed by atoms with Gasteiger partial charge in [0, 0.05) is 25.6 Å². The van der Waals surface area contributed by atoms with Crippen molar-refractivity contribution in [1.29, 1.82) is 0 Å². The minimum Gasteiger partial charge on any atom is -0.469 e. The van der Waals surface area contributed by atoms with Gasteiger partial charge >= 0.3 is 0 Å². The molecule has 8 heteroatoms. The van der Waals surface area contributed by atoms with Crippen LogP contribution in [-0.4, -0.2) is 31.6 Å². The van der Waals surface area contributed by atoms with E-state index in [-0.39, 0.29) is 23.8 Å². The zero-order chi connectivity index (χ0) is 17.8. The van der Waals surface area contributed by atoms with Gasteiger partial charge in [0.05, 0.1) is 16.8 Å². The van der Waals surface area contributed by atoms with E-state index >= 15 is 0 Å². The second-order valence-electron chi connectivity index (χ2n) is 5.78. The Morgan fingerprint density at radius 1 is 1.25 bits per heavy atom. The lowest BCUT2D eigenvalue weighted by molar-refractivity contribution is -0.114. The van der Waals surface area contributed by atoms with Crippen molar-refractivity contribution in [2.24, 2.45) is 0 Å². The summed E-state index contributed by atoms with van der Waals surface area (Å²) in [5.74, 6) is 0.330. The lowest BCUT2D eigenvalue weighted by Gasteiger charge is -2.22. The number of furan rings is 1. The molecule has 0 saturated heterocycles. The molecule has 0 aliphatic rings. The predicted molar refractivity (Wildman–Crippen MR) is 89.0 cm³/mol. The van der Waals surface area contributed by atoms with Crippen molar-refractivity contribution in [2.75, 3.05) is 11.9 Å². The van der Waals surface area contributed by atoms with Crippen molar-refractivity contribution in [3.05, 3.63) is 48.4 Å². The first-order valence-corrected chi connectivity index (χ1v) is 8.78. The topological polar surface area (TPSA) is 109 Å². The lowest BCUT2D eigenvalue weighted by Crippen LogP contribution is -2.42. The number of carbonyl (C=O) groups excluding carboxylic acids is 1. The number of hydrogen-bond acceptors (Lipinski definition) is 5. The van der Waals surface area contributed by atoms with Crippen molar-refractivity contribution in [2.45, 2.75) is 30.8 Å². The van der Waals surface area contributed by atoms with Crippen LogP contribution in [0.3, 0.4) is 0 Å². The Hall–Kier alpha value is -2.16. The highest BCUT2D eigenvalue weighted by Gasteiger charge is 2.25. The third-order valence-corrected chi connectivity index (χ3v) is 4.68. The molecular weight excluding hydrogens is 332 g/mol. The molecule has 1 aromatic heterocycles. The third kappa shape index (κ3) is 5.19. The van der Waals surface area contributed by atoms with Gasteiger partial charge in [0.15, 0.2) is 0 Å². The average molecular weight is 352 g/mol. The number of aliphatic hydroxyl groups is 1. The van der Waals surface area contributed by atoms with Gasteiger partial charge in [-0.05, 0) is 43.3 Å². The summed E-state index contributed by atoms with van der Waals surface area (Å²) >= 11 is 0. The van der Waals surface area contributed by atoms with E-state index in [4.69, 9.17) is 4.42 Å². The van der Waals surface area contributed by atoms with E-state index in [1.54, 1.807) is 12.1 Å². The highest BCUT2D eigenvalue weighted by molar-refractivity contribution is 7.89. The number of nitrogens with one attached hydrogen (secondary N) is 2. The fourth-order valence-electron chi connectivity index (χ4n) is 2.11. The normalized spacial score (nSPS) is 14.1. The van der Waals surface area contributed by atoms with E-state index in [9.17, 15) is 18.3 Å².